The Balaban J connectivity index is 2.61. The van der Waals surface area contributed by atoms with Gasteiger partial charge in [-0.1, -0.05) is 6.07 Å². The van der Waals surface area contributed by atoms with E-state index in [1.165, 1.54) is 20.3 Å². The molecule has 0 bridgehead atoms. The number of hydrogen-bond donors (Lipinski definition) is 0. The molecule has 1 aromatic carbocycles. The summed E-state index contributed by atoms with van der Waals surface area (Å²) in [5.41, 5.74) is 1.79. The van der Waals surface area contributed by atoms with Crippen LogP contribution in [0.4, 0.5) is 0 Å². The number of rotatable bonds is 6. The van der Waals surface area contributed by atoms with Gasteiger partial charge in [-0.2, -0.15) is 0 Å². The molecule has 0 aliphatic rings. The van der Waals surface area contributed by atoms with Gasteiger partial charge in [0.05, 0.1) is 27.2 Å². The Morgan fingerprint density at radius 1 is 1.20 bits per heavy atom. The fourth-order valence-electron chi connectivity index (χ4n) is 1.52. The van der Waals surface area contributed by atoms with E-state index in [-0.39, 0.29) is 19.0 Å². The van der Waals surface area contributed by atoms with Gasteiger partial charge in [0.15, 0.2) is 0 Å². The lowest BCUT2D eigenvalue weighted by molar-refractivity contribution is -0.141. The summed E-state index contributed by atoms with van der Waals surface area (Å²) in [6.07, 6.45) is 3.23. The highest BCUT2D eigenvalue weighted by atomic mass is 16.5. The van der Waals surface area contributed by atoms with E-state index >= 15 is 0 Å². The Kier molecular flexibility index (Phi) is 6.29. The third-order valence-electron chi connectivity index (χ3n) is 2.60. The third-order valence-corrected chi connectivity index (χ3v) is 2.60. The maximum atomic E-state index is 11.0. The summed E-state index contributed by atoms with van der Waals surface area (Å²) < 4.78 is 14.5. The van der Waals surface area contributed by atoms with Crippen LogP contribution in [0.1, 0.15) is 17.5 Å². The number of carbonyl (C=O) groups is 2. The normalized spacial score (nSPS) is 10.3. The number of methoxy groups -OCH3 is 2. The smallest absolute Gasteiger partial charge is 0.330 e. The number of hydrogen-bond acceptors (Lipinski definition) is 5. The Hall–Kier alpha value is -2.30. The maximum Gasteiger partial charge on any atom is 0.330 e. The third kappa shape index (κ3) is 5.14. The van der Waals surface area contributed by atoms with Crippen molar-refractivity contribution in [3.05, 3.63) is 35.4 Å². The Morgan fingerprint density at radius 3 is 2.55 bits per heavy atom. The van der Waals surface area contributed by atoms with Crippen LogP contribution < -0.4 is 4.74 Å². The zero-order chi connectivity index (χ0) is 15.0. The highest BCUT2D eigenvalue weighted by molar-refractivity contribution is 5.86. The van der Waals surface area contributed by atoms with Gasteiger partial charge in [0, 0.05) is 6.08 Å². The van der Waals surface area contributed by atoms with Crippen LogP contribution in [-0.2, 0) is 19.1 Å². The largest absolute Gasteiger partial charge is 0.493 e. The van der Waals surface area contributed by atoms with Crippen molar-refractivity contribution in [2.24, 2.45) is 0 Å². The first-order valence-corrected chi connectivity index (χ1v) is 6.13. The van der Waals surface area contributed by atoms with Gasteiger partial charge >= 0.3 is 11.9 Å². The van der Waals surface area contributed by atoms with Crippen molar-refractivity contribution in [3.8, 4) is 5.75 Å². The van der Waals surface area contributed by atoms with Gasteiger partial charge in [-0.3, -0.25) is 4.79 Å². The number of esters is 2. The van der Waals surface area contributed by atoms with Gasteiger partial charge in [-0.15, -0.1) is 0 Å². The molecular weight excluding hydrogens is 260 g/mol. The van der Waals surface area contributed by atoms with Crippen LogP contribution in [0, 0.1) is 6.92 Å². The van der Waals surface area contributed by atoms with Crippen LogP contribution >= 0.6 is 0 Å². The standard InChI is InChI=1S/C15H18O5/c1-11-10-12(5-7-14(16)18-2)4-6-13(11)20-9-8-15(17)19-3/h4-7,10H,8-9H2,1-3H3/b7-5+. The Bertz CT molecular complexity index is 505. The molecule has 0 saturated heterocycles. The Labute approximate surface area is 118 Å². The average Bonchev–Trinajstić information content (AvgIpc) is 2.46. The molecule has 108 valence electrons. The van der Waals surface area contributed by atoms with E-state index in [4.69, 9.17) is 4.74 Å². The molecule has 20 heavy (non-hydrogen) atoms. The number of carbonyl (C=O) groups excluding carboxylic acids is 2. The highest BCUT2D eigenvalue weighted by Crippen LogP contribution is 2.20. The molecule has 0 spiro atoms. The minimum Gasteiger partial charge on any atom is -0.493 e. The minimum absolute atomic E-state index is 0.208. The van der Waals surface area contributed by atoms with E-state index in [1.54, 1.807) is 12.1 Å². The van der Waals surface area contributed by atoms with Crippen LogP contribution in [0.5, 0.6) is 5.75 Å². The first-order valence-electron chi connectivity index (χ1n) is 6.13. The zero-order valence-corrected chi connectivity index (χ0v) is 11.8. The molecule has 0 aromatic heterocycles. The van der Waals surface area contributed by atoms with Gasteiger partial charge in [0.25, 0.3) is 0 Å². The van der Waals surface area contributed by atoms with Gasteiger partial charge in [-0.25, -0.2) is 4.79 Å². The highest BCUT2D eigenvalue weighted by Gasteiger charge is 2.03. The predicted octanol–water partition coefficient (Wildman–Crippen LogP) is 2.12. The lowest BCUT2D eigenvalue weighted by atomic mass is 10.1. The van der Waals surface area contributed by atoms with Crippen molar-refractivity contribution in [3.63, 3.8) is 0 Å². The van der Waals surface area contributed by atoms with Gasteiger partial charge < -0.3 is 14.2 Å². The van der Waals surface area contributed by atoms with E-state index in [9.17, 15) is 9.59 Å². The fraction of sp³-hybridized carbons (Fsp3) is 0.333. The molecule has 5 nitrogen and oxygen atoms in total. The van der Waals surface area contributed by atoms with Crippen LogP contribution in [-0.4, -0.2) is 32.8 Å². The quantitative estimate of drug-likeness (QED) is 0.589. The van der Waals surface area contributed by atoms with E-state index in [2.05, 4.69) is 9.47 Å². The molecule has 0 amide bonds. The van der Waals surface area contributed by atoms with Gasteiger partial charge in [0.1, 0.15) is 5.75 Å². The molecule has 0 unspecified atom stereocenters. The number of aryl methyl sites for hydroxylation is 1. The van der Waals surface area contributed by atoms with Crippen molar-refractivity contribution in [2.75, 3.05) is 20.8 Å². The topological polar surface area (TPSA) is 61.8 Å². The van der Waals surface area contributed by atoms with Crippen molar-refractivity contribution < 1.29 is 23.8 Å². The summed E-state index contributed by atoms with van der Waals surface area (Å²) in [6.45, 7) is 2.16. The summed E-state index contributed by atoms with van der Waals surface area (Å²) in [4.78, 5) is 22.0. The lowest BCUT2D eigenvalue weighted by Gasteiger charge is -2.09. The second kappa shape index (κ2) is 7.99. The van der Waals surface area contributed by atoms with Crippen molar-refractivity contribution in [1.29, 1.82) is 0 Å². The SMILES string of the molecule is COC(=O)/C=C/c1ccc(OCCC(=O)OC)c(C)c1. The molecule has 1 aromatic rings. The molecular formula is C15H18O5. The Morgan fingerprint density at radius 2 is 1.95 bits per heavy atom. The summed E-state index contributed by atoms with van der Waals surface area (Å²) >= 11 is 0. The van der Waals surface area contributed by atoms with E-state index in [0.717, 1.165) is 11.1 Å². The van der Waals surface area contributed by atoms with Crippen molar-refractivity contribution >= 4 is 18.0 Å². The second-order valence-electron chi connectivity index (χ2n) is 4.06. The van der Waals surface area contributed by atoms with Crippen LogP contribution in [0.3, 0.4) is 0 Å². The molecule has 0 radical (unpaired) electrons. The first-order chi connectivity index (χ1) is 9.56. The lowest BCUT2D eigenvalue weighted by Crippen LogP contribution is -2.08. The van der Waals surface area contributed by atoms with E-state index in [0.29, 0.717) is 5.75 Å². The van der Waals surface area contributed by atoms with E-state index in [1.807, 2.05) is 19.1 Å². The summed E-state index contributed by atoms with van der Waals surface area (Å²) in [5, 5.41) is 0. The first kappa shape index (κ1) is 15.8. The maximum absolute atomic E-state index is 11.0. The number of ether oxygens (including phenoxy) is 3. The van der Waals surface area contributed by atoms with E-state index < -0.39 is 5.97 Å². The van der Waals surface area contributed by atoms with Crippen molar-refractivity contribution in [2.45, 2.75) is 13.3 Å². The van der Waals surface area contributed by atoms with Crippen LogP contribution in [0.2, 0.25) is 0 Å². The summed E-state index contributed by atoms with van der Waals surface area (Å²) in [6, 6.07) is 5.50. The molecule has 0 N–H and O–H groups in total. The monoisotopic (exact) mass is 278 g/mol. The molecule has 0 saturated carbocycles. The summed E-state index contributed by atoms with van der Waals surface area (Å²) in [5.74, 6) is -0.00883. The predicted molar refractivity (Wildman–Crippen MR) is 74.4 cm³/mol. The number of benzene rings is 1. The second-order valence-corrected chi connectivity index (χ2v) is 4.06. The van der Waals surface area contributed by atoms with Gasteiger partial charge in [-0.05, 0) is 36.3 Å². The van der Waals surface area contributed by atoms with Crippen LogP contribution in [0.15, 0.2) is 24.3 Å². The average molecular weight is 278 g/mol. The summed E-state index contributed by atoms with van der Waals surface area (Å²) in [7, 11) is 2.67. The molecule has 0 aliphatic heterocycles. The zero-order valence-electron chi connectivity index (χ0n) is 11.8. The molecule has 5 heteroatoms. The molecule has 1 rings (SSSR count). The molecule has 0 heterocycles. The molecule has 0 atom stereocenters. The molecule has 0 aliphatic carbocycles. The van der Waals surface area contributed by atoms with Crippen LogP contribution in [0.25, 0.3) is 6.08 Å². The van der Waals surface area contributed by atoms with Gasteiger partial charge in [0.2, 0.25) is 0 Å². The molecule has 0 fully saturated rings. The minimum atomic E-state index is -0.402. The fourth-order valence-corrected chi connectivity index (χ4v) is 1.52. The van der Waals surface area contributed by atoms with Crippen molar-refractivity contribution in [1.82, 2.24) is 0 Å².